The molecule has 2 saturated heterocycles. The number of fused-ring (bicyclic) bond motifs is 4. The minimum atomic E-state index is -2.36. The summed E-state index contributed by atoms with van der Waals surface area (Å²) in [5.41, 5.74) is -7.46. The number of esters is 2. The predicted molar refractivity (Wildman–Crippen MR) is 123 cm³/mol. The van der Waals surface area contributed by atoms with Gasteiger partial charge in [-0.05, 0) is 50.5 Å². The second-order valence-electron chi connectivity index (χ2n) is 11.9. The summed E-state index contributed by atoms with van der Waals surface area (Å²) >= 11 is 0. The average molecular weight is 501 g/mol. The number of aliphatic hydroxyl groups excluding tert-OH is 2. The van der Waals surface area contributed by atoms with Gasteiger partial charge in [0.1, 0.15) is 17.3 Å². The lowest BCUT2D eigenvalue weighted by molar-refractivity contribution is -0.380. The molecule has 9 nitrogen and oxygen atoms in total. The van der Waals surface area contributed by atoms with Gasteiger partial charge in [0.25, 0.3) is 0 Å². The van der Waals surface area contributed by atoms with Crippen molar-refractivity contribution in [1.29, 1.82) is 0 Å². The molecule has 0 amide bonds. The third kappa shape index (κ3) is 2.39. The van der Waals surface area contributed by atoms with E-state index in [-0.39, 0.29) is 30.6 Å². The Morgan fingerprint density at radius 3 is 2.39 bits per heavy atom. The fraction of sp³-hybridized carbons (Fsp3) is 0.630. The summed E-state index contributed by atoms with van der Waals surface area (Å²) in [5.74, 6) is -2.71. The van der Waals surface area contributed by atoms with Crippen LogP contribution in [-0.2, 0) is 19.0 Å². The van der Waals surface area contributed by atoms with Crippen LogP contribution < -0.4 is 0 Å². The van der Waals surface area contributed by atoms with Gasteiger partial charge in [0, 0.05) is 17.8 Å². The van der Waals surface area contributed by atoms with Crippen LogP contribution in [0.5, 0.6) is 0 Å². The van der Waals surface area contributed by atoms with Crippen LogP contribution in [-0.4, -0.2) is 80.2 Å². The number of rotatable bonds is 2. The Hall–Kier alpha value is -2.30. The maximum absolute atomic E-state index is 13.7. The summed E-state index contributed by atoms with van der Waals surface area (Å²) in [7, 11) is 0. The van der Waals surface area contributed by atoms with E-state index in [2.05, 4.69) is 0 Å². The lowest BCUT2D eigenvalue weighted by atomic mass is 9.37. The van der Waals surface area contributed by atoms with Gasteiger partial charge in [-0.1, -0.05) is 25.1 Å². The molecule has 2 saturated carbocycles. The molecule has 0 aromatic heterocycles. The molecule has 1 aromatic carbocycles. The third-order valence-electron chi connectivity index (χ3n) is 10.1. The summed E-state index contributed by atoms with van der Waals surface area (Å²) in [6.45, 7) is 6.40. The Bertz CT molecular complexity index is 1190. The summed E-state index contributed by atoms with van der Waals surface area (Å²) in [4.78, 5) is 27.2. The number of benzene rings is 1. The Balaban J connectivity index is 1.65. The highest BCUT2D eigenvalue weighted by Crippen LogP contribution is 2.74. The molecule has 2 heterocycles. The molecule has 4 fully saturated rings. The van der Waals surface area contributed by atoms with Crippen molar-refractivity contribution in [2.24, 2.45) is 16.7 Å². The number of aliphatic hydroxyl groups is 4. The number of hydrogen-bond acceptors (Lipinski definition) is 9. The van der Waals surface area contributed by atoms with Crippen LogP contribution in [0.4, 0.5) is 0 Å². The first-order valence-corrected chi connectivity index (χ1v) is 12.4. The molecule has 6 rings (SSSR count). The summed E-state index contributed by atoms with van der Waals surface area (Å²) < 4.78 is 17.8. The van der Waals surface area contributed by atoms with Crippen molar-refractivity contribution >= 4 is 11.9 Å². The van der Waals surface area contributed by atoms with Gasteiger partial charge in [0.2, 0.25) is 0 Å². The van der Waals surface area contributed by atoms with Crippen LogP contribution in [0.2, 0.25) is 0 Å². The van der Waals surface area contributed by atoms with Crippen molar-refractivity contribution < 1.29 is 44.2 Å². The lowest BCUT2D eigenvalue weighted by Crippen LogP contribution is -2.87. The van der Waals surface area contributed by atoms with E-state index in [1.165, 1.54) is 6.92 Å². The number of hydrogen-bond donors (Lipinski definition) is 4. The Kier molecular flexibility index (Phi) is 4.65. The molecule has 2 bridgehead atoms. The molecule has 5 aliphatic rings. The van der Waals surface area contributed by atoms with Gasteiger partial charge >= 0.3 is 11.9 Å². The summed E-state index contributed by atoms with van der Waals surface area (Å²) in [6, 6.07) is 8.39. The first-order chi connectivity index (χ1) is 16.8. The number of carbonyl (C=O) groups excluding carboxylic acids is 2. The first kappa shape index (κ1) is 24.1. The van der Waals surface area contributed by atoms with Gasteiger partial charge in [0.05, 0.1) is 35.9 Å². The van der Waals surface area contributed by atoms with Gasteiger partial charge in [-0.2, -0.15) is 0 Å². The average Bonchev–Trinajstić information content (AvgIpc) is 3.11. The van der Waals surface area contributed by atoms with Crippen LogP contribution in [0.15, 0.2) is 41.5 Å². The van der Waals surface area contributed by atoms with E-state index in [1.807, 2.05) is 0 Å². The van der Waals surface area contributed by atoms with E-state index in [9.17, 15) is 30.0 Å². The highest BCUT2D eigenvalue weighted by Gasteiger charge is 2.87. The van der Waals surface area contributed by atoms with Gasteiger partial charge in [-0.3, -0.25) is 0 Å². The van der Waals surface area contributed by atoms with Crippen LogP contribution in [0.3, 0.4) is 0 Å². The fourth-order valence-corrected chi connectivity index (χ4v) is 8.18. The molecule has 194 valence electrons. The predicted octanol–water partition coefficient (Wildman–Crippen LogP) is 0.877. The maximum Gasteiger partial charge on any atom is 0.343 e. The summed E-state index contributed by atoms with van der Waals surface area (Å²) in [6.07, 6.45) is -4.30. The minimum absolute atomic E-state index is 0.00771. The topological polar surface area (TPSA) is 143 Å². The largest absolute Gasteiger partial charge is 0.457 e. The van der Waals surface area contributed by atoms with Crippen molar-refractivity contribution in [2.45, 2.75) is 81.8 Å². The van der Waals surface area contributed by atoms with E-state index < -0.39 is 69.9 Å². The van der Waals surface area contributed by atoms with Crippen molar-refractivity contribution in [3.63, 3.8) is 0 Å². The summed E-state index contributed by atoms with van der Waals surface area (Å²) in [5, 5.41) is 47.0. The van der Waals surface area contributed by atoms with Crippen molar-refractivity contribution in [2.75, 3.05) is 6.61 Å². The number of carbonyl (C=O) groups is 2. The Labute approximate surface area is 208 Å². The third-order valence-corrected chi connectivity index (χ3v) is 10.1. The molecule has 1 aromatic rings. The molecule has 4 N–H and O–H groups in total. The Morgan fingerprint density at radius 1 is 1.11 bits per heavy atom. The fourth-order valence-electron chi connectivity index (χ4n) is 8.18. The lowest BCUT2D eigenvalue weighted by Gasteiger charge is -2.73. The van der Waals surface area contributed by atoms with Crippen LogP contribution in [0.1, 0.15) is 50.9 Å². The molecule has 36 heavy (non-hydrogen) atoms. The zero-order valence-corrected chi connectivity index (χ0v) is 20.7. The molecule has 3 aliphatic carbocycles. The molecule has 2 aliphatic heterocycles. The molecule has 0 unspecified atom stereocenters. The molecule has 0 radical (unpaired) electrons. The van der Waals surface area contributed by atoms with E-state index in [0.717, 1.165) is 0 Å². The van der Waals surface area contributed by atoms with Crippen LogP contribution >= 0.6 is 0 Å². The minimum Gasteiger partial charge on any atom is -0.457 e. The van der Waals surface area contributed by atoms with Gasteiger partial charge in [-0.15, -0.1) is 0 Å². The van der Waals surface area contributed by atoms with Gasteiger partial charge in [0.15, 0.2) is 5.60 Å². The normalized spacial score (nSPS) is 48.2. The second kappa shape index (κ2) is 6.96. The smallest absolute Gasteiger partial charge is 0.343 e. The standard InChI is InChI=1S/C27H32O9/c1-13-15(28)11-25-18(13)27(33,22(31)36-23(25,2)3)24(4)16(29)10-17-26(32,12-34-17)19(24)20(25)35-21(30)14-8-6-5-7-9-14/h5-9,15-17,19-20,28-29,32-33H,10-12H2,1-4H3/t15-,16-,17+,19-,20-,24+,25-,26-,27+/m0/s1. The maximum atomic E-state index is 13.7. The molecular weight excluding hydrogens is 468 g/mol. The van der Waals surface area contributed by atoms with Gasteiger partial charge < -0.3 is 34.6 Å². The van der Waals surface area contributed by atoms with E-state index >= 15 is 0 Å². The SMILES string of the molecule is CC1=C2[C@@]3(O)C(=O)OC(C)(C)[C@]2(C[C@@H]1O)[C@@H](OC(=O)c1ccccc1)[C@@H]1[C@]2(O)CO[C@@H]2C[C@H](O)[C@]13C. The second-order valence-corrected chi connectivity index (χ2v) is 11.9. The molecular formula is C27H32O9. The Morgan fingerprint density at radius 2 is 1.78 bits per heavy atom. The van der Waals surface area contributed by atoms with Crippen LogP contribution in [0.25, 0.3) is 0 Å². The van der Waals surface area contributed by atoms with Gasteiger partial charge in [-0.25, -0.2) is 9.59 Å². The molecule has 9 heteroatoms. The highest BCUT2D eigenvalue weighted by atomic mass is 16.6. The van der Waals surface area contributed by atoms with Crippen molar-refractivity contribution in [3.05, 3.63) is 47.0 Å². The first-order valence-electron chi connectivity index (χ1n) is 12.4. The zero-order valence-electron chi connectivity index (χ0n) is 20.7. The van der Waals surface area contributed by atoms with Crippen molar-refractivity contribution in [3.8, 4) is 0 Å². The number of cyclic esters (lactones) is 1. The zero-order chi connectivity index (χ0) is 26.1. The van der Waals surface area contributed by atoms with E-state index in [4.69, 9.17) is 14.2 Å². The quantitative estimate of drug-likeness (QED) is 0.344. The van der Waals surface area contributed by atoms with Crippen LogP contribution in [0, 0.1) is 16.7 Å². The molecule has 9 atom stereocenters. The van der Waals surface area contributed by atoms with E-state index in [1.54, 1.807) is 51.1 Å². The van der Waals surface area contributed by atoms with E-state index in [0.29, 0.717) is 5.57 Å². The number of ether oxygens (including phenoxy) is 3. The highest BCUT2D eigenvalue weighted by molar-refractivity contribution is 5.91. The monoisotopic (exact) mass is 500 g/mol. The van der Waals surface area contributed by atoms with Crippen molar-refractivity contribution in [1.82, 2.24) is 0 Å². The molecule has 0 spiro atoms.